The summed E-state index contributed by atoms with van der Waals surface area (Å²) >= 11 is 0. The van der Waals surface area contributed by atoms with Crippen molar-refractivity contribution in [2.45, 2.75) is 60.5 Å². The summed E-state index contributed by atoms with van der Waals surface area (Å²) in [6, 6.07) is 0. The van der Waals surface area contributed by atoms with Crippen molar-refractivity contribution in [3.63, 3.8) is 0 Å². The average molecular weight is 456 g/mol. The van der Waals surface area contributed by atoms with E-state index in [1.54, 1.807) is 7.11 Å². The minimum absolute atomic E-state index is 0. The number of aliphatic imine (C=N–C) groups is 1. The molecule has 0 saturated heterocycles. The van der Waals surface area contributed by atoms with Gasteiger partial charge in [-0.25, -0.2) is 0 Å². The number of ether oxygens (including phenoxy) is 1. The van der Waals surface area contributed by atoms with Crippen LogP contribution in [-0.2, 0) is 4.74 Å². The molecule has 6 heteroatoms. The Hall–Kier alpha value is -0.0800. The molecule has 0 aromatic heterocycles. The second kappa shape index (κ2) is 15.2. The van der Waals surface area contributed by atoms with Gasteiger partial charge in [0.05, 0.1) is 12.6 Å². The van der Waals surface area contributed by atoms with E-state index in [1.807, 2.05) is 0 Å². The fourth-order valence-electron chi connectivity index (χ4n) is 2.42. The van der Waals surface area contributed by atoms with Crippen molar-refractivity contribution in [2.75, 3.05) is 46.4 Å². The van der Waals surface area contributed by atoms with Gasteiger partial charge in [-0.3, -0.25) is 4.99 Å². The summed E-state index contributed by atoms with van der Waals surface area (Å²) in [6.07, 6.45) is 2.51. The summed E-state index contributed by atoms with van der Waals surface area (Å²) in [5, 5.41) is 6.73. The zero-order valence-corrected chi connectivity index (χ0v) is 19.3. The number of unbranched alkanes of at least 4 members (excludes halogenated alkanes) is 1. The molecule has 0 amide bonds. The Balaban J connectivity index is 0. The van der Waals surface area contributed by atoms with Crippen LogP contribution in [0.15, 0.2) is 4.99 Å². The molecule has 0 aliphatic carbocycles. The van der Waals surface area contributed by atoms with Gasteiger partial charge in [0.25, 0.3) is 0 Å². The Labute approximate surface area is 167 Å². The summed E-state index contributed by atoms with van der Waals surface area (Å²) < 4.78 is 5.57. The molecule has 0 aliphatic rings. The second-order valence-electron chi connectivity index (χ2n) is 6.97. The molecule has 0 saturated carbocycles. The third-order valence-electron chi connectivity index (χ3n) is 4.10. The molecule has 0 radical (unpaired) electrons. The Bertz CT molecular complexity index is 315. The van der Waals surface area contributed by atoms with Crippen LogP contribution in [0.1, 0.15) is 54.4 Å². The molecule has 146 valence electrons. The summed E-state index contributed by atoms with van der Waals surface area (Å²) in [7, 11) is 1.76. The van der Waals surface area contributed by atoms with E-state index in [4.69, 9.17) is 4.74 Å². The summed E-state index contributed by atoms with van der Waals surface area (Å²) in [5.74, 6) is 0.890. The van der Waals surface area contributed by atoms with E-state index < -0.39 is 0 Å². The number of nitrogens with zero attached hydrogens (tertiary/aromatic N) is 2. The van der Waals surface area contributed by atoms with Gasteiger partial charge in [-0.05, 0) is 44.8 Å². The van der Waals surface area contributed by atoms with Crippen molar-refractivity contribution in [3.8, 4) is 0 Å². The standard InChI is InChI=1S/C18H40N4O.HI/c1-8-19-17(21-15-16(23-7)18(4,5)6)20-13-11-12-14-22(9-2)10-3;/h16H,8-15H2,1-7H3,(H2,19,20,21);1H. The van der Waals surface area contributed by atoms with Crippen molar-refractivity contribution in [3.05, 3.63) is 0 Å². The van der Waals surface area contributed by atoms with Crippen LogP contribution in [0.5, 0.6) is 0 Å². The number of guanidine groups is 1. The molecule has 0 heterocycles. The van der Waals surface area contributed by atoms with Crippen LogP contribution in [0.2, 0.25) is 0 Å². The van der Waals surface area contributed by atoms with Gasteiger partial charge in [-0.15, -0.1) is 24.0 Å². The van der Waals surface area contributed by atoms with Gasteiger partial charge < -0.3 is 20.3 Å². The molecular weight excluding hydrogens is 415 g/mol. The van der Waals surface area contributed by atoms with Crippen molar-refractivity contribution in [1.82, 2.24) is 15.5 Å². The van der Waals surface area contributed by atoms with Crippen LogP contribution in [-0.4, -0.2) is 63.3 Å². The first-order chi connectivity index (χ1) is 10.9. The highest BCUT2D eigenvalue weighted by Gasteiger charge is 2.23. The van der Waals surface area contributed by atoms with Gasteiger partial charge in [-0.1, -0.05) is 34.6 Å². The van der Waals surface area contributed by atoms with Crippen LogP contribution < -0.4 is 10.6 Å². The first-order valence-electron chi connectivity index (χ1n) is 9.16. The fraction of sp³-hybridized carbons (Fsp3) is 0.944. The molecule has 0 rings (SSSR count). The van der Waals surface area contributed by atoms with Crippen LogP contribution in [0.4, 0.5) is 0 Å². The normalized spacial score (nSPS) is 13.6. The molecule has 1 unspecified atom stereocenters. The van der Waals surface area contributed by atoms with Crippen molar-refractivity contribution < 1.29 is 4.74 Å². The Morgan fingerprint density at radius 3 is 2.17 bits per heavy atom. The fourth-order valence-corrected chi connectivity index (χ4v) is 2.42. The number of methoxy groups -OCH3 is 1. The topological polar surface area (TPSA) is 48.9 Å². The van der Waals surface area contributed by atoms with Crippen molar-refractivity contribution in [1.29, 1.82) is 0 Å². The number of halogens is 1. The Morgan fingerprint density at radius 1 is 1.08 bits per heavy atom. The quantitative estimate of drug-likeness (QED) is 0.217. The summed E-state index contributed by atoms with van der Waals surface area (Å²) in [6.45, 7) is 19.1. The van der Waals surface area contributed by atoms with E-state index in [9.17, 15) is 0 Å². The van der Waals surface area contributed by atoms with Gasteiger partial charge in [0.15, 0.2) is 5.96 Å². The highest BCUT2D eigenvalue weighted by molar-refractivity contribution is 14.0. The van der Waals surface area contributed by atoms with E-state index >= 15 is 0 Å². The number of hydrogen-bond acceptors (Lipinski definition) is 3. The van der Waals surface area contributed by atoms with Crippen molar-refractivity contribution >= 4 is 29.9 Å². The highest BCUT2D eigenvalue weighted by Crippen LogP contribution is 2.21. The molecule has 2 N–H and O–H groups in total. The van der Waals surface area contributed by atoms with E-state index in [-0.39, 0.29) is 35.5 Å². The molecule has 24 heavy (non-hydrogen) atoms. The first kappa shape index (κ1) is 26.2. The summed E-state index contributed by atoms with van der Waals surface area (Å²) in [5.41, 5.74) is 0.0966. The number of rotatable bonds is 11. The zero-order valence-electron chi connectivity index (χ0n) is 16.9. The third-order valence-corrected chi connectivity index (χ3v) is 4.10. The molecule has 0 bridgehead atoms. The lowest BCUT2D eigenvalue weighted by Gasteiger charge is -2.28. The van der Waals surface area contributed by atoms with Gasteiger partial charge in [0, 0.05) is 20.2 Å². The molecule has 0 aromatic rings. The van der Waals surface area contributed by atoms with E-state index in [2.05, 4.69) is 62.1 Å². The van der Waals surface area contributed by atoms with Gasteiger partial charge in [0.1, 0.15) is 0 Å². The third kappa shape index (κ3) is 12.3. The molecule has 0 fully saturated rings. The monoisotopic (exact) mass is 456 g/mol. The maximum Gasteiger partial charge on any atom is 0.191 e. The molecule has 0 aliphatic heterocycles. The lowest BCUT2D eigenvalue weighted by Crippen LogP contribution is -2.40. The van der Waals surface area contributed by atoms with Crippen LogP contribution >= 0.6 is 24.0 Å². The Kier molecular flexibility index (Phi) is 16.6. The lowest BCUT2D eigenvalue weighted by atomic mass is 9.89. The Morgan fingerprint density at radius 2 is 1.71 bits per heavy atom. The second-order valence-corrected chi connectivity index (χ2v) is 6.97. The zero-order chi connectivity index (χ0) is 17.7. The van der Waals surface area contributed by atoms with E-state index in [1.165, 1.54) is 13.0 Å². The van der Waals surface area contributed by atoms with Gasteiger partial charge in [0.2, 0.25) is 0 Å². The smallest absolute Gasteiger partial charge is 0.191 e. The van der Waals surface area contributed by atoms with E-state index in [0.717, 1.165) is 38.6 Å². The van der Waals surface area contributed by atoms with E-state index in [0.29, 0.717) is 6.54 Å². The SMILES string of the molecule is CCNC(=NCC(OC)C(C)(C)C)NCCCCN(CC)CC.I. The maximum atomic E-state index is 5.57. The van der Waals surface area contributed by atoms with Crippen molar-refractivity contribution in [2.24, 2.45) is 10.4 Å². The number of hydrogen-bond donors (Lipinski definition) is 2. The van der Waals surface area contributed by atoms with Crippen LogP contribution in [0, 0.1) is 5.41 Å². The predicted octanol–water partition coefficient (Wildman–Crippen LogP) is 3.34. The summed E-state index contributed by atoms with van der Waals surface area (Å²) in [4.78, 5) is 7.14. The average Bonchev–Trinajstić information content (AvgIpc) is 2.50. The van der Waals surface area contributed by atoms with Crippen LogP contribution in [0.3, 0.4) is 0 Å². The molecule has 0 aromatic carbocycles. The largest absolute Gasteiger partial charge is 0.379 e. The lowest BCUT2D eigenvalue weighted by molar-refractivity contribution is 0.0241. The predicted molar refractivity (Wildman–Crippen MR) is 117 cm³/mol. The minimum Gasteiger partial charge on any atom is -0.379 e. The van der Waals surface area contributed by atoms with Gasteiger partial charge in [-0.2, -0.15) is 0 Å². The number of nitrogens with one attached hydrogen (secondary N) is 2. The molecule has 0 spiro atoms. The van der Waals surface area contributed by atoms with Gasteiger partial charge >= 0.3 is 0 Å². The first-order valence-corrected chi connectivity index (χ1v) is 9.16. The molecule has 1 atom stereocenters. The molecular formula is C18H41IN4O. The molecule has 5 nitrogen and oxygen atoms in total. The highest BCUT2D eigenvalue weighted by atomic mass is 127. The maximum absolute atomic E-state index is 5.57. The van der Waals surface area contributed by atoms with Crippen LogP contribution in [0.25, 0.3) is 0 Å². The minimum atomic E-state index is 0.